The molecule has 2 N–H and O–H groups in total. The number of rotatable bonds is 5. The van der Waals surface area contributed by atoms with Gasteiger partial charge < -0.3 is 10.4 Å². The molecule has 0 saturated heterocycles. The smallest absolute Gasteiger partial charge is 0.101 e. The number of nitrogens with one attached hydrogen (secondary N) is 1. The Hall–Kier alpha value is -0.380. The number of hydrogen-bond donors (Lipinski definition) is 2. The van der Waals surface area contributed by atoms with E-state index in [1.54, 1.807) is 11.3 Å². The molecule has 0 spiro atoms. The highest BCUT2D eigenvalue weighted by molar-refractivity contribution is 7.10. The van der Waals surface area contributed by atoms with Crippen LogP contribution in [-0.2, 0) is 0 Å². The fourth-order valence-electron chi connectivity index (χ4n) is 2.54. The van der Waals surface area contributed by atoms with Gasteiger partial charge >= 0.3 is 0 Å². The summed E-state index contributed by atoms with van der Waals surface area (Å²) in [5, 5.41) is 15.4. The van der Waals surface area contributed by atoms with E-state index in [9.17, 15) is 5.11 Å². The summed E-state index contributed by atoms with van der Waals surface area (Å²) in [6.45, 7) is 4.10. The molecule has 1 aliphatic carbocycles. The van der Waals surface area contributed by atoms with E-state index in [0.717, 1.165) is 23.3 Å². The second kappa shape index (κ2) is 6.53. The summed E-state index contributed by atoms with van der Waals surface area (Å²) in [4.78, 5) is 1.06. The first-order chi connectivity index (χ1) is 8.25. The van der Waals surface area contributed by atoms with Gasteiger partial charge in [0.05, 0.1) is 0 Å². The maximum atomic E-state index is 9.93. The number of aliphatic hydroxyl groups is 1. The lowest BCUT2D eigenvalue weighted by Gasteiger charge is -2.26. The quantitative estimate of drug-likeness (QED) is 0.844. The van der Waals surface area contributed by atoms with E-state index in [2.05, 4.69) is 12.2 Å². The molecule has 1 aromatic heterocycles. The van der Waals surface area contributed by atoms with Gasteiger partial charge in [-0.05, 0) is 42.7 Å². The van der Waals surface area contributed by atoms with Crippen LogP contribution in [0.1, 0.15) is 43.6 Å². The van der Waals surface area contributed by atoms with Gasteiger partial charge in [0.25, 0.3) is 0 Å². The molecule has 17 heavy (non-hydrogen) atoms. The van der Waals surface area contributed by atoms with Gasteiger partial charge in [-0.3, -0.25) is 0 Å². The standard InChI is InChI=1S/C14H23NOS/c1-11-4-6-12(7-5-11)9-15-10-13(16)14-3-2-8-17-14/h2-3,8,11-13,15-16H,4-7,9-10H2,1H3. The van der Waals surface area contributed by atoms with Crippen LogP contribution >= 0.6 is 11.3 Å². The molecule has 2 rings (SSSR count). The predicted octanol–water partition coefficient (Wildman–Crippen LogP) is 3.20. The molecule has 1 unspecified atom stereocenters. The van der Waals surface area contributed by atoms with E-state index in [1.807, 2.05) is 17.5 Å². The highest BCUT2D eigenvalue weighted by Gasteiger charge is 2.18. The fourth-order valence-corrected chi connectivity index (χ4v) is 3.25. The predicted molar refractivity (Wildman–Crippen MR) is 73.3 cm³/mol. The Labute approximate surface area is 108 Å². The zero-order valence-corrected chi connectivity index (χ0v) is 11.4. The zero-order valence-electron chi connectivity index (χ0n) is 10.6. The van der Waals surface area contributed by atoms with Crippen molar-refractivity contribution in [3.8, 4) is 0 Å². The van der Waals surface area contributed by atoms with Crippen molar-refractivity contribution in [2.24, 2.45) is 11.8 Å². The lowest BCUT2D eigenvalue weighted by Crippen LogP contribution is -2.29. The van der Waals surface area contributed by atoms with Crippen molar-refractivity contribution >= 4 is 11.3 Å². The van der Waals surface area contributed by atoms with Gasteiger partial charge in [0.1, 0.15) is 6.10 Å². The summed E-state index contributed by atoms with van der Waals surface area (Å²) in [6.07, 6.45) is 5.11. The molecule has 1 atom stereocenters. The maximum absolute atomic E-state index is 9.93. The summed E-state index contributed by atoms with van der Waals surface area (Å²) in [5.74, 6) is 1.74. The van der Waals surface area contributed by atoms with Crippen LogP contribution in [0.5, 0.6) is 0 Å². The third kappa shape index (κ3) is 4.09. The molecule has 0 aliphatic heterocycles. The molecular weight excluding hydrogens is 230 g/mol. The van der Waals surface area contributed by atoms with Gasteiger partial charge in [0.2, 0.25) is 0 Å². The van der Waals surface area contributed by atoms with Crippen molar-refractivity contribution in [3.05, 3.63) is 22.4 Å². The highest BCUT2D eigenvalue weighted by atomic mass is 32.1. The first kappa shape index (κ1) is 13.1. The number of aliphatic hydroxyl groups excluding tert-OH is 1. The number of hydrogen-bond acceptors (Lipinski definition) is 3. The summed E-state index contributed by atoms with van der Waals surface area (Å²) >= 11 is 1.63. The molecule has 1 aliphatic rings. The second-order valence-corrected chi connectivity index (χ2v) is 6.29. The highest BCUT2D eigenvalue weighted by Crippen LogP contribution is 2.27. The van der Waals surface area contributed by atoms with Crippen LogP contribution in [0.2, 0.25) is 0 Å². The number of thiophene rings is 1. The average Bonchev–Trinajstić information content (AvgIpc) is 2.85. The summed E-state index contributed by atoms with van der Waals surface area (Å²) < 4.78 is 0. The summed E-state index contributed by atoms with van der Waals surface area (Å²) in [6, 6.07) is 3.99. The minimum Gasteiger partial charge on any atom is -0.386 e. The minimum atomic E-state index is -0.336. The van der Waals surface area contributed by atoms with E-state index < -0.39 is 0 Å². The van der Waals surface area contributed by atoms with E-state index >= 15 is 0 Å². The van der Waals surface area contributed by atoms with Crippen LogP contribution in [0.3, 0.4) is 0 Å². The van der Waals surface area contributed by atoms with Crippen molar-refractivity contribution < 1.29 is 5.11 Å². The summed E-state index contributed by atoms with van der Waals surface area (Å²) in [7, 11) is 0. The topological polar surface area (TPSA) is 32.3 Å². The van der Waals surface area contributed by atoms with Gasteiger partial charge in [-0.25, -0.2) is 0 Å². The Balaban J connectivity index is 1.63. The van der Waals surface area contributed by atoms with Gasteiger partial charge in [-0.2, -0.15) is 0 Å². The lowest BCUT2D eigenvalue weighted by molar-refractivity contribution is 0.173. The van der Waals surface area contributed by atoms with Gasteiger partial charge in [-0.15, -0.1) is 11.3 Å². The Morgan fingerprint density at radius 2 is 2.18 bits per heavy atom. The van der Waals surface area contributed by atoms with Crippen molar-refractivity contribution in [1.29, 1.82) is 0 Å². The molecule has 96 valence electrons. The molecule has 0 aromatic carbocycles. The Morgan fingerprint density at radius 3 is 2.82 bits per heavy atom. The van der Waals surface area contributed by atoms with Crippen molar-refractivity contribution in [2.75, 3.05) is 13.1 Å². The van der Waals surface area contributed by atoms with Gasteiger partial charge in [0, 0.05) is 11.4 Å². The van der Waals surface area contributed by atoms with E-state index in [-0.39, 0.29) is 6.10 Å². The van der Waals surface area contributed by atoms with Crippen molar-refractivity contribution in [2.45, 2.75) is 38.7 Å². The second-order valence-electron chi connectivity index (χ2n) is 5.32. The molecule has 2 nitrogen and oxygen atoms in total. The monoisotopic (exact) mass is 253 g/mol. The first-order valence-corrected chi connectivity index (χ1v) is 7.56. The van der Waals surface area contributed by atoms with Crippen LogP contribution in [0, 0.1) is 11.8 Å². The van der Waals surface area contributed by atoms with E-state index in [4.69, 9.17) is 0 Å². The van der Waals surface area contributed by atoms with E-state index in [0.29, 0.717) is 6.54 Å². The van der Waals surface area contributed by atoms with Gasteiger partial charge in [0.15, 0.2) is 0 Å². The molecule has 0 amide bonds. The molecule has 1 fully saturated rings. The molecule has 1 saturated carbocycles. The molecule has 3 heteroatoms. The Kier molecular flexibility index (Phi) is 5.01. The van der Waals surface area contributed by atoms with Crippen LogP contribution in [0.4, 0.5) is 0 Å². The van der Waals surface area contributed by atoms with Crippen LogP contribution in [-0.4, -0.2) is 18.2 Å². The van der Waals surface area contributed by atoms with Crippen LogP contribution < -0.4 is 5.32 Å². The Morgan fingerprint density at radius 1 is 1.41 bits per heavy atom. The van der Waals surface area contributed by atoms with E-state index in [1.165, 1.54) is 25.7 Å². The third-order valence-electron chi connectivity index (χ3n) is 3.78. The maximum Gasteiger partial charge on any atom is 0.101 e. The molecule has 1 aromatic rings. The summed E-state index contributed by atoms with van der Waals surface area (Å²) in [5.41, 5.74) is 0. The zero-order chi connectivity index (χ0) is 12.1. The average molecular weight is 253 g/mol. The molecule has 1 heterocycles. The normalized spacial score (nSPS) is 26.9. The van der Waals surface area contributed by atoms with Gasteiger partial charge in [-0.1, -0.05) is 25.8 Å². The molecule has 0 bridgehead atoms. The fraction of sp³-hybridized carbons (Fsp3) is 0.714. The largest absolute Gasteiger partial charge is 0.386 e. The lowest BCUT2D eigenvalue weighted by atomic mass is 9.83. The molecular formula is C14H23NOS. The minimum absolute atomic E-state index is 0.336. The third-order valence-corrected chi connectivity index (χ3v) is 4.75. The van der Waals surface area contributed by atoms with Crippen LogP contribution in [0.25, 0.3) is 0 Å². The Bertz CT molecular complexity index is 304. The van der Waals surface area contributed by atoms with Crippen molar-refractivity contribution in [3.63, 3.8) is 0 Å². The van der Waals surface area contributed by atoms with Crippen LogP contribution in [0.15, 0.2) is 17.5 Å². The first-order valence-electron chi connectivity index (χ1n) is 6.68. The van der Waals surface area contributed by atoms with Crippen molar-refractivity contribution in [1.82, 2.24) is 5.32 Å². The SMILES string of the molecule is CC1CCC(CNCC(O)c2cccs2)CC1. The molecule has 0 radical (unpaired) electrons.